The summed E-state index contributed by atoms with van der Waals surface area (Å²) in [4.78, 5) is 33.3. The van der Waals surface area contributed by atoms with Gasteiger partial charge in [0.15, 0.2) is 0 Å². The minimum absolute atomic E-state index is 0.214. The van der Waals surface area contributed by atoms with Crippen LogP contribution in [-0.4, -0.2) is 48.4 Å². The average molecular weight is 213 g/mol. The Hall–Kier alpha value is -1.59. The van der Waals surface area contributed by atoms with Crippen LogP contribution in [0.4, 0.5) is 0 Å². The second-order valence-corrected chi connectivity index (χ2v) is 3.32. The molecule has 1 saturated heterocycles. The number of carbonyl (C=O) groups is 2. The van der Waals surface area contributed by atoms with Gasteiger partial charge in [0.1, 0.15) is 0 Å². The molecule has 0 radical (unpaired) electrons. The predicted molar refractivity (Wildman–Crippen MR) is 53.8 cm³/mol. The highest BCUT2D eigenvalue weighted by atomic mass is 16.7. The van der Waals surface area contributed by atoms with Crippen LogP contribution in [0.25, 0.3) is 0 Å². The maximum atomic E-state index is 11.3. The molecule has 1 fully saturated rings. The van der Waals surface area contributed by atoms with Crippen LogP contribution in [0, 0.1) is 0 Å². The Labute approximate surface area is 88.5 Å². The molecule has 2 amide bonds. The summed E-state index contributed by atoms with van der Waals surface area (Å²) < 4.78 is 0. The van der Waals surface area contributed by atoms with Gasteiger partial charge in [-0.1, -0.05) is 0 Å². The van der Waals surface area contributed by atoms with Crippen molar-refractivity contribution >= 4 is 17.8 Å². The Bertz CT molecular complexity index is 283. The Morgan fingerprint density at radius 3 is 2.33 bits per heavy atom. The SMILES string of the molecule is CCN=C(ON1C(=O)CCC1=O)N(C)C. The number of amidine groups is 1. The second kappa shape index (κ2) is 4.77. The Kier molecular flexibility index (Phi) is 3.65. The van der Waals surface area contributed by atoms with Crippen molar-refractivity contribution in [2.45, 2.75) is 19.8 Å². The summed E-state index contributed by atoms with van der Waals surface area (Å²) in [7, 11) is 3.47. The maximum Gasteiger partial charge on any atom is 0.315 e. The van der Waals surface area contributed by atoms with Crippen LogP contribution in [0.15, 0.2) is 4.99 Å². The van der Waals surface area contributed by atoms with Crippen molar-refractivity contribution in [3.63, 3.8) is 0 Å². The largest absolute Gasteiger partial charge is 0.331 e. The quantitative estimate of drug-likeness (QED) is 0.368. The second-order valence-electron chi connectivity index (χ2n) is 3.32. The fraction of sp³-hybridized carbons (Fsp3) is 0.667. The smallest absolute Gasteiger partial charge is 0.315 e. The highest BCUT2D eigenvalue weighted by Gasteiger charge is 2.32. The lowest BCUT2D eigenvalue weighted by Gasteiger charge is -2.19. The van der Waals surface area contributed by atoms with E-state index in [0.29, 0.717) is 6.54 Å². The van der Waals surface area contributed by atoms with Crippen molar-refractivity contribution < 1.29 is 14.4 Å². The van der Waals surface area contributed by atoms with Crippen molar-refractivity contribution in [1.29, 1.82) is 0 Å². The van der Waals surface area contributed by atoms with Crippen LogP contribution >= 0.6 is 0 Å². The first-order chi connectivity index (χ1) is 7.06. The third-order valence-electron chi connectivity index (χ3n) is 1.85. The third-order valence-corrected chi connectivity index (χ3v) is 1.85. The van der Waals surface area contributed by atoms with E-state index < -0.39 is 0 Å². The van der Waals surface area contributed by atoms with Crippen molar-refractivity contribution in [3.8, 4) is 0 Å². The van der Waals surface area contributed by atoms with E-state index in [1.54, 1.807) is 19.0 Å². The van der Waals surface area contributed by atoms with E-state index in [1.165, 1.54) is 0 Å². The number of aliphatic imine (C=N–C) groups is 1. The Balaban J connectivity index is 2.70. The number of hydrogen-bond donors (Lipinski definition) is 0. The molecular formula is C9H15N3O3. The number of hydrogen-bond acceptors (Lipinski definition) is 4. The fourth-order valence-corrected chi connectivity index (χ4v) is 1.13. The van der Waals surface area contributed by atoms with Crippen molar-refractivity contribution in [3.05, 3.63) is 0 Å². The van der Waals surface area contributed by atoms with Gasteiger partial charge in [-0.25, -0.2) is 4.99 Å². The number of nitrogens with zero attached hydrogens (tertiary/aromatic N) is 3. The minimum atomic E-state index is -0.314. The van der Waals surface area contributed by atoms with Crippen molar-refractivity contribution in [2.24, 2.45) is 4.99 Å². The standard InChI is InChI=1S/C9H15N3O3/c1-4-10-9(11(2)3)15-12-7(13)5-6-8(12)14/h4-6H2,1-3H3. The maximum absolute atomic E-state index is 11.3. The van der Waals surface area contributed by atoms with Gasteiger partial charge in [0, 0.05) is 33.5 Å². The molecule has 15 heavy (non-hydrogen) atoms. The normalized spacial score (nSPS) is 17.3. The molecular weight excluding hydrogens is 198 g/mol. The topological polar surface area (TPSA) is 62.2 Å². The first-order valence-corrected chi connectivity index (χ1v) is 4.81. The van der Waals surface area contributed by atoms with Gasteiger partial charge in [0.05, 0.1) is 0 Å². The Morgan fingerprint density at radius 2 is 1.93 bits per heavy atom. The van der Waals surface area contributed by atoms with Gasteiger partial charge in [-0.3, -0.25) is 9.59 Å². The zero-order valence-electron chi connectivity index (χ0n) is 9.19. The molecule has 0 unspecified atom stereocenters. The zero-order valence-corrected chi connectivity index (χ0v) is 9.19. The molecule has 0 bridgehead atoms. The molecule has 6 heteroatoms. The molecule has 1 rings (SSSR count). The Morgan fingerprint density at radius 1 is 1.40 bits per heavy atom. The van der Waals surface area contributed by atoms with Crippen LogP contribution in [-0.2, 0) is 14.4 Å². The minimum Gasteiger partial charge on any atom is -0.331 e. The van der Waals surface area contributed by atoms with Crippen molar-refractivity contribution in [2.75, 3.05) is 20.6 Å². The molecule has 0 aromatic heterocycles. The molecule has 1 aliphatic heterocycles. The number of hydroxylamine groups is 2. The first kappa shape index (κ1) is 11.5. The lowest BCUT2D eigenvalue weighted by molar-refractivity contribution is -0.168. The van der Waals surface area contributed by atoms with Gasteiger partial charge in [-0.05, 0) is 6.92 Å². The van der Waals surface area contributed by atoms with Gasteiger partial charge in [0.25, 0.3) is 11.8 Å². The first-order valence-electron chi connectivity index (χ1n) is 4.81. The van der Waals surface area contributed by atoms with Crippen LogP contribution in [0.2, 0.25) is 0 Å². The fourth-order valence-electron chi connectivity index (χ4n) is 1.13. The summed E-state index contributed by atoms with van der Waals surface area (Å²) in [5.41, 5.74) is 0. The van der Waals surface area contributed by atoms with Gasteiger partial charge >= 0.3 is 6.02 Å². The molecule has 6 nitrogen and oxygen atoms in total. The van der Waals surface area contributed by atoms with E-state index >= 15 is 0 Å². The van der Waals surface area contributed by atoms with Crippen LogP contribution in [0.3, 0.4) is 0 Å². The number of carbonyl (C=O) groups excluding carboxylic acids is 2. The highest BCUT2D eigenvalue weighted by Crippen LogP contribution is 2.12. The van der Waals surface area contributed by atoms with E-state index in [0.717, 1.165) is 5.06 Å². The van der Waals surface area contributed by atoms with E-state index in [4.69, 9.17) is 4.84 Å². The molecule has 0 saturated carbocycles. The predicted octanol–water partition coefficient (Wildman–Crippen LogP) is 0.00450. The summed E-state index contributed by atoms with van der Waals surface area (Å²) in [6, 6.07) is 0.265. The monoisotopic (exact) mass is 213 g/mol. The lowest BCUT2D eigenvalue weighted by Crippen LogP contribution is -2.37. The highest BCUT2D eigenvalue weighted by molar-refractivity contribution is 6.01. The average Bonchev–Trinajstić information content (AvgIpc) is 2.48. The molecule has 0 atom stereocenters. The number of amides is 2. The van der Waals surface area contributed by atoms with E-state index in [-0.39, 0.29) is 30.7 Å². The summed E-state index contributed by atoms with van der Waals surface area (Å²) in [5, 5.41) is 0.786. The van der Waals surface area contributed by atoms with Gasteiger partial charge in [-0.2, -0.15) is 0 Å². The van der Waals surface area contributed by atoms with E-state index in [1.807, 2.05) is 6.92 Å². The van der Waals surface area contributed by atoms with Crippen LogP contribution in [0.5, 0.6) is 0 Å². The summed E-state index contributed by atoms with van der Waals surface area (Å²) >= 11 is 0. The molecule has 1 heterocycles. The third kappa shape index (κ3) is 2.68. The number of imide groups is 1. The molecule has 84 valence electrons. The molecule has 0 spiro atoms. The summed E-state index contributed by atoms with van der Waals surface area (Å²) in [6.45, 7) is 2.38. The lowest BCUT2D eigenvalue weighted by atomic mass is 10.4. The molecule has 0 aliphatic carbocycles. The molecule has 0 aromatic rings. The molecule has 0 aromatic carbocycles. The number of rotatable bonds is 2. The van der Waals surface area contributed by atoms with Crippen LogP contribution < -0.4 is 0 Å². The van der Waals surface area contributed by atoms with E-state index in [9.17, 15) is 9.59 Å². The van der Waals surface area contributed by atoms with Gasteiger partial charge in [-0.15, -0.1) is 5.06 Å². The zero-order chi connectivity index (χ0) is 11.4. The molecule has 1 aliphatic rings. The van der Waals surface area contributed by atoms with E-state index in [2.05, 4.69) is 4.99 Å². The van der Waals surface area contributed by atoms with Gasteiger partial charge in [0.2, 0.25) is 0 Å². The van der Waals surface area contributed by atoms with Crippen molar-refractivity contribution in [1.82, 2.24) is 9.96 Å². The summed E-state index contributed by atoms with van der Waals surface area (Å²) in [5.74, 6) is -0.628. The summed E-state index contributed by atoms with van der Waals surface area (Å²) in [6.07, 6.45) is 0.428. The van der Waals surface area contributed by atoms with Gasteiger partial charge < -0.3 is 9.74 Å². The molecule has 0 N–H and O–H groups in total. The van der Waals surface area contributed by atoms with Crippen LogP contribution in [0.1, 0.15) is 19.8 Å².